The van der Waals surface area contributed by atoms with Crippen molar-refractivity contribution in [3.8, 4) is 0 Å². The van der Waals surface area contributed by atoms with E-state index in [1.54, 1.807) is 6.92 Å². The van der Waals surface area contributed by atoms with Crippen LogP contribution in [0.4, 0.5) is 0 Å². The Labute approximate surface area is 250 Å². The van der Waals surface area contributed by atoms with Crippen molar-refractivity contribution < 1.29 is 31.7 Å². The summed E-state index contributed by atoms with van der Waals surface area (Å²) in [6.07, 6.45) is 4.16. The van der Waals surface area contributed by atoms with Crippen LogP contribution in [0.25, 0.3) is 49.0 Å². The quantitative estimate of drug-likeness (QED) is 0.236. The molecular formula is C34H33ClN4O3. The number of carboxylic acid groups (broad SMARTS) is 1. The summed E-state index contributed by atoms with van der Waals surface area (Å²) in [5.41, 5.74) is 4.41. The van der Waals surface area contributed by atoms with Crippen LogP contribution in [-0.4, -0.2) is 26.2 Å². The average Bonchev–Trinajstić information content (AvgIpc) is 3.35. The van der Waals surface area contributed by atoms with Crippen molar-refractivity contribution in [2.75, 3.05) is 0 Å². The molecule has 7 nitrogen and oxygen atoms in total. The number of imidazole rings is 1. The first kappa shape index (κ1) is 31.7. The van der Waals surface area contributed by atoms with Gasteiger partial charge in [-0.05, 0) is 30.5 Å². The number of aryl methyl sites for hydroxylation is 1. The van der Waals surface area contributed by atoms with Gasteiger partial charge in [-0.15, -0.1) is 0 Å². The second-order valence-electron chi connectivity index (χ2n) is 9.72. The second-order valence-corrected chi connectivity index (χ2v) is 9.72. The summed E-state index contributed by atoms with van der Waals surface area (Å²) in [7, 11) is 0. The molecule has 0 aliphatic heterocycles. The molecule has 0 bridgehead atoms. The number of aliphatic carboxylic acids is 1. The minimum absolute atomic E-state index is 0. The van der Waals surface area contributed by atoms with E-state index in [9.17, 15) is 4.79 Å². The number of carboxylic acids is 1. The molecule has 0 radical (unpaired) electrons. The minimum atomic E-state index is -0.833. The van der Waals surface area contributed by atoms with E-state index in [1.165, 1.54) is 32.4 Å². The number of carbonyl (C=O) groups is 2. The van der Waals surface area contributed by atoms with E-state index in [-0.39, 0.29) is 24.3 Å². The number of benzene rings is 4. The van der Waals surface area contributed by atoms with Gasteiger partial charge < -0.3 is 23.7 Å². The number of fused-ring (bicyclic) bond motifs is 9. The van der Waals surface area contributed by atoms with Gasteiger partial charge in [-0.2, -0.15) is 4.57 Å². The molecule has 4 N–H and O–H groups in total. The molecular weight excluding hydrogens is 548 g/mol. The van der Waals surface area contributed by atoms with Crippen LogP contribution in [-0.2, 0) is 16.1 Å². The monoisotopic (exact) mass is 580 g/mol. The number of halogens is 1. The third kappa shape index (κ3) is 6.54. The largest absolute Gasteiger partial charge is 1.00 e. The van der Waals surface area contributed by atoms with Crippen LogP contribution in [0.1, 0.15) is 19.5 Å². The van der Waals surface area contributed by atoms with Gasteiger partial charge in [0.25, 0.3) is 5.97 Å². The van der Waals surface area contributed by atoms with Gasteiger partial charge in [0.05, 0.1) is 16.6 Å². The molecule has 42 heavy (non-hydrogen) atoms. The van der Waals surface area contributed by atoms with Crippen molar-refractivity contribution in [3.63, 3.8) is 0 Å². The maximum Gasteiger partial charge on any atom is 0.300 e. The molecule has 0 atom stereocenters. The number of ketones is 1. The predicted molar refractivity (Wildman–Crippen MR) is 166 cm³/mol. The standard InChI is InChI=1S/C16H12N2.C16H14NO.C2H4O2.ClH.H3N/c1-11-10-18-15-9-5-4-7-13(15)12-6-2-3-8-14(12)16(18)17-11;1-12(18)10-17-11-13-6-2-3-7-14(13)15-8-4-5-9-16(15)17;1-2(3)4;;/h2-10H,1H3;2-9,11H,10H2,1H3;1H3,(H,3,4);1H;1H3/q;+1;;;/p-1. The summed E-state index contributed by atoms with van der Waals surface area (Å²) in [6.45, 7) is 5.17. The molecule has 0 aliphatic rings. The topological polar surface area (TPSA) is 111 Å². The predicted octanol–water partition coefficient (Wildman–Crippen LogP) is 4.08. The van der Waals surface area contributed by atoms with E-state index in [0.29, 0.717) is 6.54 Å². The van der Waals surface area contributed by atoms with Gasteiger partial charge in [-0.3, -0.25) is 14.0 Å². The number of aromatic nitrogens is 3. The van der Waals surface area contributed by atoms with E-state index in [0.717, 1.165) is 29.2 Å². The van der Waals surface area contributed by atoms with Crippen molar-refractivity contribution in [3.05, 3.63) is 115 Å². The lowest BCUT2D eigenvalue weighted by Gasteiger charge is -2.07. The lowest BCUT2D eigenvalue weighted by Crippen LogP contribution is -3.00. The molecule has 214 valence electrons. The molecule has 0 aliphatic carbocycles. The average molecular weight is 581 g/mol. The van der Waals surface area contributed by atoms with Crippen LogP contribution >= 0.6 is 0 Å². The second kappa shape index (κ2) is 13.7. The van der Waals surface area contributed by atoms with E-state index in [4.69, 9.17) is 9.90 Å². The zero-order valence-electron chi connectivity index (χ0n) is 23.8. The van der Waals surface area contributed by atoms with E-state index in [2.05, 4.69) is 94.6 Å². The van der Waals surface area contributed by atoms with Gasteiger partial charge in [0.1, 0.15) is 5.65 Å². The number of carbonyl (C=O) groups excluding carboxylic acids is 1. The van der Waals surface area contributed by atoms with Gasteiger partial charge in [0.2, 0.25) is 12.1 Å². The fourth-order valence-electron chi connectivity index (χ4n) is 5.11. The fourth-order valence-corrected chi connectivity index (χ4v) is 5.11. The normalized spacial score (nSPS) is 10.3. The van der Waals surface area contributed by atoms with Crippen LogP contribution in [0.2, 0.25) is 0 Å². The van der Waals surface area contributed by atoms with E-state index in [1.807, 2.05) is 35.8 Å². The third-order valence-corrected chi connectivity index (χ3v) is 6.60. The molecule has 0 fully saturated rings. The highest BCUT2D eigenvalue weighted by Gasteiger charge is 2.14. The Hall–Kier alpha value is -4.85. The Kier molecular flexibility index (Phi) is 10.3. The minimum Gasteiger partial charge on any atom is -1.00 e. The first-order valence-corrected chi connectivity index (χ1v) is 13.1. The number of rotatable bonds is 2. The first-order valence-electron chi connectivity index (χ1n) is 13.1. The Morgan fingerprint density at radius 1 is 0.762 bits per heavy atom. The maximum absolute atomic E-state index is 11.4. The van der Waals surface area contributed by atoms with Crippen LogP contribution < -0.4 is 23.1 Å². The molecule has 3 aromatic heterocycles. The van der Waals surface area contributed by atoms with Crippen LogP contribution in [0, 0.1) is 6.92 Å². The lowest BCUT2D eigenvalue weighted by molar-refractivity contribution is -0.656. The fraction of sp³-hybridized carbons (Fsp3) is 0.118. The summed E-state index contributed by atoms with van der Waals surface area (Å²) in [4.78, 5) is 25.0. The number of nitrogens with zero attached hydrogens (tertiary/aromatic N) is 3. The molecule has 0 amide bonds. The van der Waals surface area contributed by atoms with Crippen molar-refractivity contribution in [2.24, 2.45) is 0 Å². The van der Waals surface area contributed by atoms with Gasteiger partial charge in [0, 0.05) is 47.7 Å². The van der Waals surface area contributed by atoms with Gasteiger partial charge in [-0.25, -0.2) is 4.98 Å². The molecule has 7 aromatic rings. The molecule has 3 heterocycles. The number of hydrogen-bond donors (Lipinski definition) is 2. The van der Waals surface area contributed by atoms with Crippen LogP contribution in [0.3, 0.4) is 0 Å². The molecule has 8 heteroatoms. The lowest BCUT2D eigenvalue weighted by atomic mass is 10.1. The Morgan fingerprint density at radius 3 is 1.95 bits per heavy atom. The zero-order valence-corrected chi connectivity index (χ0v) is 24.5. The number of para-hydroxylation sites is 2. The van der Waals surface area contributed by atoms with Crippen molar-refractivity contribution >= 4 is 60.8 Å². The summed E-state index contributed by atoms with van der Waals surface area (Å²) in [6, 6.07) is 33.4. The zero-order chi connectivity index (χ0) is 28.2. The van der Waals surface area contributed by atoms with E-state index >= 15 is 0 Å². The summed E-state index contributed by atoms with van der Waals surface area (Å²) in [5.74, 6) is -0.666. The van der Waals surface area contributed by atoms with Crippen LogP contribution in [0.5, 0.6) is 0 Å². The van der Waals surface area contributed by atoms with Gasteiger partial charge >= 0.3 is 0 Å². The summed E-state index contributed by atoms with van der Waals surface area (Å²) in [5, 5.41) is 14.8. The van der Waals surface area contributed by atoms with E-state index < -0.39 is 5.97 Å². The van der Waals surface area contributed by atoms with Crippen molar-refractivity contribution in [1.82, 2.24) is 15.5 Å². The number of Topliss-reactive ketones (excluding diaryl/α,β-unsaturated/α-hetero) is 1. The molecule has 7 rings (SSSR count). The van der Waals surface area contributed by atoms with Gasteiger partial charge in [-0.1, -0.05) is 72.8 Å². The summed E-state index contributed by atoms with van der Waals surface area (Å²) >= 11 is 0. The highest BCUT2D eigenvalue weighted by atomic mass is 35.5. The maximum atomic E-state index is 11.4. The molecule has 4 aromatic carbocycles. The molecule has 0 saturated heterocycles. The molecule has 0 unspecified atom stereocenters. The summed E-state index contributed by atoms with van der Waals surface area (Å²) < 4.78 is 4.22. The molecule has 0 saturated carbocycles. The number of pyridine rings is 2. The first-order chi connectivity index (χ1) is 19.3. The molecule has 0 spiro atoms. The number of hydrogen-bond acceptors (Lipinski definition) is 4. The Balaban J connectivity index is 0.000000197. The highest BCUT2D eigenvalue weighted by Crippen LogP contribution is 2.29. The Morgan fingerprint density at radius 2 is 1.29 bits per heavy atom. The van der Waals surface area contributed by atoms with Gasteiger partial charge in [0.15, 0.2) is 12.0 Å². The van der Waals surface area contributed by atoms with Crippen LogP contribution in [0.15, 0.2) is 109 Å². The third-order valence-electron chi connectivity index (χ3n) is 6.60. The highest BCUT2D eigenvalue weighted by molar-refractivity contribution is 6.11. The smallest absolute Gasteiger partial charge is 0.300 e. The van der Waals surface area contributed by atoms with Crippen molar-refractivity contribution in [1.29, 1.82) is 0 Å². The van der Waals surface area contributed by atoms with Crippen molar-refractivity contribution in [2.45, 2.75) is 27.3 Å². The Bertz CT molecular complexity index is 1960. The SMILES string of the molecule is CC(=O)C[n+]1cc2ccccc2c2ccccc21.CC(=O)O.Cc1cn2c3ccccc3c3ccccc3c2n1.N.[Cl-].